The highest BCUT2D eigenvalue weighted by Crippen LogP contribution is 2.43. The largest absolute Gasteiger partial charge is 0.357 e. The van der Waals surface area contributed by atoms with E-state index in [0.717, 1.165) is 52.1 Å². The Morgan fingerprint density at radius 3 is 2.66 bits per heavy atom. The summed E-state index contributed by atoms with van der Waals surface area (Å²) in [4.78, 5) is 12.8. The molecule has 0 aliphatic carbocycles. The number of H-pyrrole nitrogens is 1. The second-order valence-corrected chi connectivity index (χ2v) is 8.96. The highest BCUT2D eigenvalue weighted by molar-refractivity contribution is 9.10. The third-order valence-electron chi connectivity index (χ3n) is 5.95. The maximum atomic E-state index is 5.04. The second-order valence-electron chi connectivity index (χ2n) is 8.04. The summed E-state index contributed by atoms with van der Waals surface area (Å²) in [5, 5.41) is 8.75. The van der Waals surface area contributed by atoms with Crippen LogP contribution < -0.4 is 4.90 Å². The highest BCUT2D eigenvalue weighted by atomic mass is 79.9. The Morgan fingerprint density at radius 1 is 1.07 bits per heavy atom. The van der Waals surface area contributed by atoms with Gasteiger partial charge in [-0.15, -0.1) is 4.80 Å². The van der Waals surface area contributed by atoms with Crippen LogP contribution in [0.4, 0.5) is 5.69 Å². The Morgan fingerprint density at radius 2 is 1.86 bits per heavy atom. The first-order chi connectivity index (χ1) is 14.0. The number of hydrogen-bond acceptors (Lipinski definition) is 4. The van der Waals surface area contributed by atoms with Crippen LogP contribution in [0.25, 0.3) is 16.7 Å². The zero-order chi connectivity index (χ0) is 20.2. The number of benzene rings is 2. The predicted molar refractivity (Wildman–Crippen MR) is 119 cm³/mol. The van der Waals surface area contributed by atoms with Gasteiger partial charge in [-0.25, -0.2) is 4.98 Å². The first-order valence-electron chi connectivity index (χ1n) is 9.87. The Labute approximate surface area is 178 Å². The van der Waals surface area contributed by atoms with Gasteiger partial charge in [0.15, 0.2) is 0 Å². The molecule has 1 N–H and O–H groups in total. The van der Waals surface area contributed by atoms with Crippen molar-refractivity contribution in [3.05, 3.63) is 64.1 Å². The fourth-order valence-corrected chi connectivity index (χ4v) is 5.03. The van der Waals surface area contributed by atoms with Gasteiger partial charge < -0.3 is 9.88 Å². The van der Waals surface area contributed by atoms with Gasteiger partial charge in [0.1, 0.15) is 11.5 Å². The van der Waals surface area contributed by atoms with Crippen LogP contribution in [0.5, 0.6) is 0 Å². The minimum absolute atomic E-state index is 0.229. The Hall–Kier alpha value is -2.67. The van der Waals surface area contributed by atoms with Crippen molar-refractivity contribution in [2.75, 3.05) is 11.4 Å². The van der Waals surface area contributed by atoms with Crippen LogP contribution in [0.15, 0.2) is 47.2 Å². The van der Waals surface area contributed by atoms with Crippen molar-refractivity contribution >= 4 is 32.7 Å². The normalized spacial score (nSPS) is 19.4. The van der Waals surface area contributed by atoms with E-state index in [1.165, 1.54) is 11.1 Å². The van der Waals surface area contributed by atoms with Crippen molar-refractivity contribution < 1.29 is 0 Å². The maximum Gasteiger partial charge on any atom is 0.132 e. The minimum Gasteiger partial charge on any atom is -0.357 e. The van der Waals surface area contributed by atoms with E-state index in [4.69, 9.17) is 4.98 Å². The lowest BCUT2D eigenvalue weighted by molar-refractivity contribution is 0.466. The van der Waals surface area contributed by atoms with Gasteiger partial charge in [-0.2, -0.15) is 10.2 Å². The van der Waals surface area contributed by atoms with Gasteiger partial charge in [0.05, 0.1) is 34.7 Å². The van der Waals surface area contributed by atoms with Crippen LogP contribution in [-0.2, 0) is 5.54 Å². The van der Waals surface area contributed by atoms with Gasteiger partial charge in [0, 0.05) is 11.0 Å². The third-order valence-corrected chi connectivity index (χ3v) is 6.41. The molecule has 1 aliphatic heterocycles. The fourth-order valence-electron chi connectivity index (χ4n) is 4.46. The van der Waals surface area contributed by atoms with E-state index in [0.29, 0.717) is 0 Å². The molecule has 0 saturated carbocycles. The average molecular weight is 451 g/mol. The summed E-state index contributed by atoms with van der Waals surface area (Å²) in [5.41, 5.74) is 6.39. The average Bonchev–Trinajstić information content (AvgIpc) is 3.41. The van der Waals surface area contributed by atoms with Crippen LogP contribution in [0, 0.1) is 13.8 Å². The molecule has 7 heteroatoms. The number of nitrogens with one attached hydrogen (secondary N) is 1. The SMILES string of the molecule is Cc1ccc(-n2nccn2)c(N2CCC[C@@]2(C)c2nc3c(C)cc(Br)cc3[nH]2)c1. The number of anilines is 1. The van der Waals surface area contributed by atoms with Gasteiger partial charge in [-0.3, -0.25) is 0 Å². The van der Waals surface area contributed by atoms with Crippen LogP contribution in [0.2, 0.25) is 0 Å². The van der Waals surface area contributed by atoms with Gasteiger partial charge in [-0.05, 0) is 69.0 Å². The summed E-state index contributed by atoms with van der Waals surface area (Å²) < 4.78 is 1.07. The van der Waals surface area contributed by atoms with Crippen LogP contribution in [-0.4, -0.2) is 31.5 Å². The number of aromatic nitrogens is 5. The summed E-state index contributed by atoms with van der Waals surface area (Å²) in [5.74, 6) is 1.01. The van der Waals surface area contributed by atoms with E-state index >= 15 is 0 Å². The third kappa shape index (κ3) is 2.95. The Kier molecular flexibility index (Phi) is 4.24. The maximum absolute atomic E-state index is 5.04. The molecule has 2 aromatic heterocycles. The lowest BCUT2D eigenvalue weighted by Crippen LogP contribution is -2.40. The summed E-state index contributed by atoms with van der Waals surface area (Å²) in [6.45, 7) is 7.48. The van der Waals surface area contributed by atoms with Crippen molar-refractivity contribution in [2.24, 2.45) is 0 Å². The van der Waals surface area contributed by atoms with E-state index in [2.05, 4.69) is 87.1 Å². The molecule has 6 nitrogen and oxygen atoms in total. The lowest BCUT2D eigenvalue weighted by atomic mass is 9.97. The summed E-state index contributed by atoms with van der Waals surface area (Å²) in [6, 6.07) is 10.7. The van der Waals surface area contributed by atoms with Crippen molar-refractivity contribution in [3.63, 3.8) is 0 Å². The number of imidazole rings is 1. The number of nitrogens with zero attached hydrogens (tertiary/aromatic N) is 5. The molecule has 1 aliphatic rings. The number of hydrogen-bond donors (Lipinski definition) is 1. The number of fused-ring (bicyclic) bond motifs is 1. The molecule has 0 amide bonds. The standard InChI is InChI=1S/C22H23BrN6/c1-14-5-6-18(29-24-8-9-25-29)19(11-14)28-10-4-7-22(28,3)21-26-17-13-16(23)12-15(2)20(17)27-21/h5-6,8-9,11-13H,4,7,10H2,1-3H3,(H,26,27)/t22-/m0/s1. The number of halogens is 1. The smallest absolute Gasteiger partial charge is 0.132 e. The van der Waals surface area contributed by atoms with E-state index in [-0.39, 0.29) is 5.54 Å². The highest BCUT2D eigenvalue weighted by Gasteiger charge is 2.42. The summed E-state index contributed by atoms with van der Waals surface area (Å²) >= 11 is 3.60. The van der Waals surface area contributed by atoms with E-state index in [1.54, 1.807) is 17.2 Å². The molecule has 29 heavy (non-hydrogen) atoms. The van der Waals surface area contributed by atoms with Gasteiger partial charge in [0.25, 0.3) is 0 Å². The van der Waals surface area contributed by atoms with Gasteiger partial charge in [-0.1, -0.05) is 22.0 Å². The molecule has 4 aromatic rings. The van der Waals surface area contributed by atoms with E-state index in [9.17, 15) is 0 Å². The fraction of sp³-hybridized carbons (Fsp3) is 0.318. The van der Waals surface area contributed by atoms with Crippen molar-refractivity contribution in [1.82, 2.24) is 25.0 Å². The summed E-state index contributed by atoms with van der Waals surface area (Å²) in [6.07, 6.45) is 5.57. The monoisotopic (exact) mass is 450 g/mol. The molecular formula is C22H23BrN6. The predicted octanol–water partition coefficient (Wildman–Crippen LogP) is 5.04. The molecule has 0 unspecified atom stereocenters. The van der Waals surface area contributed by atoms with Crippen molar-refractivity contribution in [3.8, 4) is 5.69 Å². The zero-order valence-electron chi connectivity index (χ0n) is 16.8. The molecule has 0 radical (unpaired) electrons. The summed E-state index contributed by atoms with van der Waals surface area (Å²) in [7, 11) is 0. The molecular weight excluding hydrogens is 428 g/mol. The molecule has 1 saturated heterocycles. The van der Waals surface area contributed by atoms with Gasteiger partial charge in [0.2, 0.25) is 0 Å². The quantitative estimate of drug-likeness (QED) is 0.474. The molecule has 148 valence electrons. The molecule has 0 spiro atoms. The lowest BCUT2D eigenvalue weighted by Gasteiger charge is -2.36. The van der Waals surface area contributed by atoms with Crippen molar-refractivity contribution in [1.29, 1.82) is 0 Å². The second kappa shape index (κ2) is 6.69. The number of rotatable bonds is 3. The first kappa shape index (κ1) is 18.4. The van der Waals surface area contributed by atoms with Crippen LogP contribution in [0.3, 0.4) is 0 Å². The number of aryl methyl sites for hydroxylation is 2. The molecule has 2 aromatic carbocycles. The van der Waals surface area contributed by atoms with Crippen LogP contribution in [0.1, 0.15) is 36.7 Å². The van der Waals surface area contributed by atoms with Gasteiger partial charge >= 0.3 is 0 Å². The van der Waals surface area contributed by atoms with Crippen molar-refractivity contribution in [2.45, 2.75) is 39.2 Å². The van der Waals surface area contributed by atoms with E-state index < -0.39 is 0 Å². The Bertz CT molecular complexity index is 1200. The molecule has 1 fully saturated rings. The first-order valence-corrected chi connectivity index (χ1v) is 10.7. The zero-order valence-corrected chi connectivity index (χ0v) is 18.4. The molecule has 0 bridgehead atoms. The minimum atomic E-state index is -0.229. The Balaban J connectivity index is 1.66. The topological polar surface area (TPSA) is 62.6 Å². The number of aromatic amines is 1. The van der Waals surface area contributed by atoms with Crippen LogP contribution >= 0.6 is 15.9 Å². The molecule has 3 heterocycles. The van der Waals surface area contributed by atoms with E-state index in [1.807, 2.05) is 0 Å². The molecule has 5 rings (SSSR count). The molecule has 1 atom stereocenters.